The molecule has 4 heteroatoms. The van der Waals surface area contributed by atoms with Gasteiger partial charge in [0.25, 0.3) is 0 Å². The lowest BCUT2D eigenvalue weighted by atomic mass is 10.0. The van der Waals surface area contributed by atoms with Crippen LogP contribution in [0.15, 0.2) is 46.9 Å². The maximum Gasteiger partial charge on any atom is 0.137 e. The van der Waals surface area contributed by atoms with Crippen LogP contribution in [0.3, 0.4) is 0 Å². The maximum absolute atomic E-state index is 13.3. The standard InChI is InChI=1S/C16H16BrFO2/c1-10(2)20-15-6-4-3-5-12(15)16(19)11-7-8-14(18)13(17)9-11/h3-10,16,19H,1-2H3. The van der Waals surface area contributed by atoms with E-state index in [-0.39, 0.29) is 11.9 Å². The van der Waals surface area contributed by atoms with E-state index in [1.165, 1.54) is 6.07 Å². The second kappa shape index (κ2) is 6.37. The first kappa shape index (κ1) is 15.0. The molecule has 2 aromatic rings. The molecule has 0 aliphatic rings. The SMILES string of the molecule is CC(C)Oc1ccccc1C(O)c1ccc(F)c(Br)c1. The van der Waals surface area contributed by atoms with Crippen molar-refractivity contribution >= 4 is 15.9 Å². The zero-order valence-corrected chi connectivity index (χ0v) is 12.9. The monoisotopic (exact) mass is 338 g/mol. The Morgan fingerprint density at radius 3 is 2.50 bits per heavy atom. The van der Waals surface area contributed by atoms with Gasteiger partial charge in [0.05, 0.1) is 10.6 Å². The summed E-state index contributed by atoms with van der Waals surface area (Å²) < 4.78 is 19.3. The molecule has 0 spiro atoms. The molecule has 0 aliphatic heterocycles. The van der Waals surface area contributed by atoms with Gasteiger partial charge in [-0.05, 0) is 53.5 Å². The van der Waals surface area contributed by atoms with Crippen molar-refractivity contribution in [2.24, 2.45) is 0 Å². The predicted octanol–water partition coefficient (Wildman–Crippen LogP) is 4.46. The van der Waals surface area contributed by atoms with E-state index in [2.05, 4.69) is 15.9 Å². The Kier molecular flexibility index (Phi) is 4.78. The van der Waals surface area contributed by atoms with Crippen molar-refractivity contribution in [2.75, 3.05) is 0 Å². The third-order valence-corrected chi connectivity index (χ3v) is 3.44. The molecule has 0 aromatic heterocycles. The lowest BCUT2D eigenvalue weighted by Crippen LogP contribution is -2.10. The van der Waals surface area contributed by atoms with Crippen molar-refractivity contribution < 1.29 is 14.2 Å². The topological polar surface area (TPSA) is 29.5 Å². The summed E-state index contributed by atoms with van der Waals surface area (Å²) in [6.45, 7) is 3.86. The maximum atomic E-state index is 13.3. The Hall–Kier alpha value is -1.39. The summed E-state index contributed by atoms with van der Waals surface area (Å²) in [5, 5.41) is 10.5. The molecule has 0 saturated carbocycles. The van der Waals surface area contributed by atoms with E-state index in [4.69, 9.17) is 4.74 Å². The van der Waals surface area contributed by atoms with Crippen molar-refractivity contribution in [3.63, 3.8) is 0 Å². The molecular formula is C16H16BrFO2. The quantitative estimate of drug-likeness (QED) is 0.891. The second-order valence-electron chi connectivity index (χ2n) is 4.78. The van der Waals surface area contributed by atoms with Gasteiger partial charge in [-0.1, -0.05) is 24.3 Å². The van der Waals surface area contributed by atoms with Crippen LogP contribution in [0.5, 0.6) is 5.75 Å². The van der Waals surface area contributed by atoms with Gasteiger partial charge in [0.1, 0.15) is 17.7 Å². The number of halogens is 2. The zero-order chi connectivity index (χ0) is 14.7. The molecule has 1 atom stereocenters. The van der Waals surface area contributed by atoms with Gasteiger partial charge in [-0.15, -0.1) is 0 Å². The molecule has 2 nitrogen and oxygen atoms in total. The minimum absolute atomic E-state index is 0.0169. The van der Waals surface area contributed by atoms with Crippen LogP contribution >= 0.6 is 15.9 Å². The highest BCUT2D eigenvalue weighted by atomic mass is 79.9. The van der Waals surface area contributed by atoms with Gasteiger partial charge < -0.3 is 9.84 Å². The van der Waals surface area contributed by atoms with Crippen molar-refractivity contribution in [3.05, 3.63) is 63.9 Å². The molecule has 0 amide bonds. The highest BCUT2D eigenvalue weighted by Crippen LogP contribution is 2.32. The highest BCUT2D eigenvalue weighted by Gasteiger charge is 2.17. The summed E-state index contributed by atoms with van der Waals surface area (Å²) >= 11 is 3.13. The van der Waals surface area contributed by atoms with Crippen LogP contribution in [0.2, 0.25) is 0 Å². The molecule has 0 bridgehead atoms. The number of aliphatic hydroxyl groups is 1. The first-order valence-electron chi connectivity index (χ1n) is 6.37. The van der Waals surface area contributed by atoms with Crippen LogP contribution in [0.1, 0.15) is 31.1 Å². The van der Waals surface area contributed by atoms with Crippen LogP contribution in [0, 0.1) is 5.82 Å². The van der Waals surface area contributed by atoms with Gasteiger partial charge in [-0.2, -0.15) is 0 Å². The van der Waals surface area contributed by atoms with E-state index in [0.717, 1.165) is 0 Å². The lowest BCUT2D eigenvalue weighted by molar-refractivity contribution is 0.198. The molecule has 0 heterocycles. The molecule has 1 unspecified atom stereocenters. The average Bonchev–Trinajstić information content (AvgIpc) is 2.41. The van der Waals surface area contributed by atoms with Gasteiger partial charge >= 0.3 is 0 Å². The van der Waals surface area contributed by atoms with Crippen molar-refractivity contribution in [2.45, 2.75) is 26.1 Å². The molecule has 106 valence electrons. The van der Waals surface area contributed by atoms with Gasteiger partial charge in [-0.25, -0.2) is 4.39 Å². The summed E-state index contributed by atoms with van der Waals surface area (Å²) in [5.41, 5.74) is 1.28. The number of hydrogen-bond donors (Lipinski definition) is 1. The van der Waals surface area contributed by atoms with Crippen LogP contribution in [-0.4, -0.2) is 11.2 Å². The largest absolute Gasteiger partial charge is 0.491 e. The summed E-state index contributed by atoms with van der Waals surface area (Å²) in [4.78, 5) is 0. The van der Waals surface area contributed by atoms with E-state index in [0.29, 0.717) is 21.3 Å². The minimum atomic E-state index is -0.859. The van der Waals surface area contributed by atoms with E-state index in [9.17, 15) is 9.50 Å². The van der Waals surface area contributed by atoms with E-state index >= 15 is 0 Å². The fourth-order valence-electron chi connectivity index (χ4n) is 1.93. The number of ether oxygens (including phenoxy) is 1. The number of rotatable bonds is 4. The smallest absolute Gasteiger partial charge is 0.137 e. The van der Waals surface area contributed by atoms with E-state index < -0.39 is 6.10 Å². The molecule has 20 heavy (non-hydrogen) atoms. The third kappa shape index (κ3) is 3.38. The zero-order valence-electron chi connectivity index (χ0n) is 11.3. The third-order valence-electron chi connectivity index (χ3n) is 2.84. The Labute approximate surface area is 126 Å². The van der Waals surface area contributed by atoms with Crippen LogP contribution < -0.4 is 4.74 Å². The molecule has 0 saturated heterocycles. The Bertz CT molecular complexity index is 599. The van der Waals surface area contributed by atoms with Crippen molar-refractivity contribution in [3.8, 4) is 5.75 Å². The van der Waals surface area contributed by atoms with E-state index in [1.807, 2.05) is 32.0 Å². The van der Waals surface area contributed by atoms with Gasteiger partial charge in [0, 0.05) is 5.56 Å². The highest BCUT2D eigenvalue weighted by molar-refractivity contribution is 9.10. The van der Waals surface area contributed by atoms with Crippen LogP contribution in [0.25, 0.3) is 0 Å². The van der Waals surface area contributed by atoms with Gasteiger partial charge in [0.2, 0.25) is 0 Å². The number of para-hydroxylation sites is 1. The molecule has 0 aliphatic carbocycles. The fourth-order valence-corrected chi connectivity index (χ4v) is 2.33. The van der Waals surface area contributed by atoms with Crippen LogP contribution in [-0.2, 0) is 0 Å². The number of hydrogen-bond acceptors (Lipinski definition) is 2. The first-order valence-corrected chi connectivity index (χ1v) is 7.17. The molecule has 0 radical (unpaired) electrons. The van der Waals surface area contributed by atoms with Gasteiger partial charge in [0.15, 0.2) is 0 Å². The van der Waals surface area contributed by atoms with Gasteiger partial charge in [-0.3, -0.25) is 0 Å². The normalized spacial score (nSPS) is 12.5. The van der Waals surface area contributed by atoms with Crippen molar-refractivity contribution in [1.82, 2.24) is 0 Å². The summed E-state index contributed by atoms with van der Waals surface area (Å²) in [5.74, 6) is 0.281. The molecule has 1 N–H and O–H groups in total. The number of benzene rings is 2. The Balaban J connectivity index is 2.37. The second-order valence-corrected chi connectivity index (χ2v) is 5.63. The lowest BCUT2D eigenvalue weighted by Gasteiger charge is -2.18. The average molecular weight is 339 g/mol. The predicted molar refractivity (Wildman–Crippen MR) is 80.4 cm³/mol. The molecule has 0 fully saturated rings. The Morgan fingerprint density at radius 2 is 1.85 bits per heavy atom. The Morgan fingerprint density at radius 1 is 1.15 bits per heavy atom. The molecular weight excluding hydrogens is 323 g/mol. The summed E-state index contributed by atoms with van der Waals surface area (Å²) in [7, 11) is 0. The summed E-state index contributed by atoms with van der Waals surface area (Å²) in [6, 6.07) is 11.8. The van der Waals surface area contributed by atoms with Crippen LogP contribution in [0.4, 0.5) is 4.39 Å². The van der Waals surface area contributed by atoms with Crippen molar-refractivity contribution in [1.29, 1.82) is 0 Å². The number of aliphatic hydroxyl groups excluding tert-OH is 1. The van der Waals surface area contributed by atoms with E-state index in [1.54, 1.807) is 18.2 Å². The minimum Gasteiger partial charge on any atom is -0.491 e. The first-order chi connectivity index (χ1) is 9.49. The summed E-state index contributed by atoms with van der Waals surface area (Å²) in [6.07, 6.45) is -0.842. The molecule has 2 rings (SSSR count). The molecule has 2 aromatic carbocycles. The fraction of sp³-hybridized carbons (Fsp3) is 0.250.